The second kappa shape index (κ2) is 2.48. The Balaban J connectivity index is 1.79. The van der Waals surface area contributed by atoms with Crippen LogP contribution in [0.5, 0.6) is 0 Å². The minimum absolute atomic E-state index is 0.171. The van der Waals surface area contributed by atoms with Crippen molar-refractivity contribution in [1.29, 1.82) is 0 Å². The van der Waals surface area contributed by atoms with Crippen molar-refractivity contribution in [2.45, 2.75) is 19.4 Å². The van der Waals surface area contributed by atoms with Crippen LogP contribution in [0.3, 0.4) is 0 Å². The van der Waals surface area contributed by atoms with Crippen LogP contribution < -0.4 is 5.32 Å². The van der Waals surface area contributed by atoms with Gasteiger partial charge in [0.2, 0.25) is 5.91 Å². The van der Waals surface area contributed by atoms with Gasteiger partial charge < -0.3 is 10.1 Å². The van der Waals surface area contributed by atoms with Gasteiger partial charge in [0.05, 0.1) is 13.2 Å². The fourth-order valence-corrected chi connectivity index (χ4v) is 1.74. The minimum Gasteiger partial charge on any atom is -0.381 e. The van der Waals surface area contributed by atoms with E-state index in [1.807, 2.05) is 6.92 Å². The highest BCUT2D eigenvalue weighted by Gasteiger charge is 2.54. The van der Waals surface area contributed by atoms with Gasteiger partial charge >= 0.3 is 0 Å². The van der Waals surface area contributed by atoms with Crippen LogP contribution in [0, 0.1) is 11.8 Å². The molecule has 3 nitrogen and oxygen atoms in total. The average molecular weight is 155 g/mol. The molecule has 3 heteroatoms. The number of fused-ring (bicyclic) bond motifs is 1. The first-order chi connectivity index (χ1) is 5.33. The Bertz CT molecular complexity index is 171. The van der Waals surface area contributed by atoms with Crippen molar-refractivity contribution in [2.24, 2.45) is 11.8 Å². The summed E-state index contributed by atoms with van der Waals surface area (Å²) in [6.45, 7) is 3.57. The third kappa shape index (κ3) is 1.13. The molecule has 1 N–H and O–H groups in total. The van der Waals surface area contributed by atoms with E-state index in [-0.39, 0.29) is 5.91 Å². The lowest BCUT2D eigenvalue weighted by molar-refractivity contribution is -0.121. The molecule has 2 rings (SSSR count). The Labute approximate surface area is 66.1 Å². The number of amides is 1. The van der Waals surface area contributed by atoms with Crippen molar-refractivity contribution in [3.63, 3.8) is 0 Å². The van der Waals surface area contributed by atoms with E-state index in [1.54, 1.807) is 0 Å². The van der Waals surface area contributed by atoms with E-state index < -0.39 is 0 Å². The SMILES string of the molecule is CCC(=O)NC1C2COCC21. The normalized spacial score (nSPS) is 39.9. The highest BCUT2D eigenvalue weighted by Crippen LogP contribution is 2.43. The molecule has 1 saturated heterocycles. The van der Waals surface area contributed by atoms with E-state index in [9.17, 15) is 4.79 Å². The standard InChI is InChI=1S/C8H13NO2/c1-2-7(10)9-8-5-3-11-4-6(5)8/h5-6,8H,2-4H2,1H3,(H,9,10). The Morgan fingerprint density at radius 3 is 2.73 bits per heavy atom. The summed E-state index contributed by atoms with van der Waals surface area (Å²) in [6.07, 6.45) is 0.594. The molecule has 2 unspecified atom stereocenters. The lowest BCUT2D eigenvalue weighted by Gasteiger charge is -2.04. The largest absolute Gasteiger partial charge is 0.381 e. The molecular formula is C8H13NO2. The predicted molar refractivity (Wildman–Crippen MR) is 40.0 cm³/mol. The molecule has 0 radical (unpaired) electrons. The van der Waals surface area contributed by atoms with Crippen LogP contribution in [0.25, 0.3) is 0 Å². The number of hydrogen-bond acceptors (Lipinski definition) is 2. The van der Waals surface area contributed by atoms with Crippen LogP contribution in [0.15, 0.2) is 0 Å². The van der Waals surface area contributed by atoms with Crippen LogP contribution in [-0.4, -0.2) is 25.2 Å². The van der Waals surface area contributed by atoms with Gasteiger partial charge in [-0.2, -0.15) is 0 Å². The van der Waals surface area contributed by atoms with Gasteiger partial charge in [0.15, 0.2) is 0 Å². The van der Waals surface area contributed by atoms with Gasteiger partial charge in [-0.15, -0.1) is 0 Å². The van der Waals surface area contributed by atoms with Crippen molar-refractivity contribution in [1.82, 2.24) is 5.32 Å². The highest BCUT2D eigenvalue weighted by atomic mass is 16.5. The van der Waals surface area contributed by atoms with E-state index in [0.29, 0.717) is 24.3 Å². The molecule has 11 heavy (non-hydrogen) atoms. The van der Waals surface area contributed by atoms with E-state index in [4.69, 9.17) is 4.74 Å². The third-order valence-electron chi connectivity index (χ3n) is 2.60. The van der Waals surface area contributed by atoms with Crippen LogP contribution in [-0.2, 0) is 9.53 Å². The van der Waals surface area contributed by atoms with Crippen LogP contribution >= 0.6 is 0 Å². The van der Waals surface area contributed by atoms with Gasteiger partial charge in [0, 0.05) is 24.3 Å². The van der Waals surface area contributed by atoms with Crippen LogP contribution in [0.1, 0.15) is 13.3 Å². The summed E-state index contributed by atoms with van der Waals surface area (Å²) in [5.74, 6) is 1.43. The number of hydrogen-bond donors (Lipinski definition) is 1. The summed E-state index contributed by atoms with van der Waals surface area (Å²) >= 11 is 0. The zero-order chi connectivity index (χ0) is 7.84. The Morgan fingerprint density at radius 1 is 1.55 bits per heavy atom. The first kappa shape index (κ1) is 7.10. The average Bonchev–Trinajstić information content (AvgIpc) is 2.52. The van der Waals surface area contributed by atoms with Crippen LogP contribution in [0.4, 0.5) is 0 Å². The second-order valence-corrected chi connectivity index (χ2v) is 3.31. The maximum absolute atomic E-state index is 10.9. The zero-order valence-electron chi connectivity index (χ0n) is 6.67. The molecule has 1 heterocycles. The molecule has 2 atom stereocenters. The molecule has 1 aliphatic heterocycles. The monoisotopic (exact) mass is 155 g/mol. The van der Waals surface area contributed by atoms with Crippen molar-refractivity contribution in [2.75, 3.05) is 13.2 Å². The van der Waals surface area contributed by atoms with E-state index in [1.165, 1.54) is 0 Å². The number of rotatable bonds is 2. The van der Waals surface area contributed by atoms with E-state index in [0.717, 1.165) is 13.2 Å². The highest BCUT2D eigenvalue weighted by molar-refractivity contribution is 5.76. The molecule has 0 aromatic rings. The summed E-state index contributed by atoms with van der Waals surface area (Å²) in [6, 6.07) is 0.441. The zero-order valence-corrected chi connectivity index (χ0v) is 6.67. The summed E-state index contributed by atoms with van der Waals surface area (Å²) in [5, 5.41) is 2.99. The number of ether oxygens (including phenoxy) is 1. The molecule has 2 fully saturated rings. The lowest BCUT2D eigenvalue weighted by atomic mass is 10.4. The van der Waals surface area contributed by atoms with Crippen molar-refractivity contribution < 1.29 is 9.53 Å². The van der Waals surface area contributed by atoms with Gasteiger partial charge in [-0.1, -0.05) is 6.92 Å². The van der Waals surface area contributed by atoms with Gasteiger partial charge in [-0.05, 0) is 0 Å². The van der Waals surface area contributed by atoms with Gasteiger partial charge in [-0.25, -0.2) is 0 Å². The van der Waals surface area contributed by atoms with Crippen molar-refractivity contribution in [3.05, 3.63) is 0 Å². The fourth-order valence-electron chi connectivity index (χ4n) is 1.74. The van der Waals surface area contributed by atoms with Gasteiger partial charge in [0.1, 0.15) is 0 Å². The third-order valence-corrected chi connectivity index (χ3v) is 2.60. The second-order valence-electron chi connectivity index (χ2n) is 3.31. The molecule has 62 valence electrons. The van der Waals surface area contributed by atoms with Crippen molar-refractivity contribution >= 4 is 5.91 Å². The first-order valence-corrected chi connectivity index (χ1v) is 4.20. The maximum Gasteiger partial charge on any atom is 0.219 e. The Kier molecular flexibility index (Phi) is 1.60. The van der Waals surface area contributed by atoms with Crippen LogP contribution in [0.2, 0.25) is 0 Å². The minimum atomic E-state index is 0.171. The summed E-state index contributed by atoms with van der Waals surface area (Å²) < 4.78 is 5.20. The van der Waals surface area contributed by atoms with Gasteiger partial charge in [-0.3, -0.25) is 4.79 Å². The van der Waals surface area contributed by atoms with E-state index in [2.05, 4.69) is 5.32 Å². The molecule has 1 amide bonds. The smallest absolute Gasteiger partial charge is 0.219 e. The van der Waals surface area contributed by atoms with Crippen molar-refractivity contribution in [3.8, 4) is 0 Å². The molecular weight excluding hydrogens is 142 g/mol. The Morgan fingerprint density at radius 2 is 2.18 bits per heavy atom. The maximum atomic E-state index is 10.9. The van der Waals surface area contributed by atoms with Gasteiger partial charge in [0.25, 0.3) is 0 Å². The summed E-state index contributed by atoms with van der Waals surface area (Å²) in [4.78, 5) is 10.9. The topological polar surface area (TPSA) is 38.3 Å². The summed E-state index contributed by atoms with van der Waals surface area (Å²) in [7, 11) is 0. The quantitative estimate of drug-likeness (QED) is 0.616. The Hall–Kier alpha value is -0.570. The first-order valence-electron chi connectivity index (χ1n) is 4.20. The fraction of sp³-hybridized carbons (Fsp3) is 0.875. The number of carbonyl (C=O) groups is 1. The van der Waals surface area contributed by atoms with E-state index >= 15 is 0 Å². The predicted octanol–water partition coefficient (Wildman–Crippen LogP) is 0.157. The molecule has 1 saturated carbocycles. The number of carbonyl (C=O) groups excluding carboxylic acids is 1. The number of nitrogens with one attached hydrogen (secondary N) is 1. The molecule has 0 aromatic carbocycles. The summed E-state index contributed by atoms with van der Waals surface area (Å²) in [5.41, 5.74) is 0. The lowest BCUT2D eigenvalue weighted by Crippen LogP contribution is -2.28. The molecule has 2 aliphatic rings. The molecule has 0 aromatic heterocycles. The molecule has 1 aliphatic carbocycles. The molecule has 0 spiro atoms. The molecule has 0 bridgehead atoms.